The molecule has 0 aromatic heterocycles. The number of esters is 3. The highest BCUT2D eigenvalue weighted by molar-refractivity contribution is 5.82. The highest BCUT2D eigenvalue weighted by Gasteiger charge is 2.33. The maximum atomic E-state index is 11.2. The summed E-state index contributed by atoms with van der Waals surface area (Å²) in [6, 6.07) is 0. The van der Waals surface area contributed by atoms with Gasteiger partial charge in [-0.1, -0.05) is 26.7 Å². The molecule has 1 aliphatic rings. The van der Waals surface area contributed by atoms with E-state index in [4.69, 9.17) is 18.9 Å². The third-order valence-corrected chi connectivity index (χ3v) is 3.31. The van der Waals surface area contributed by atoms with E-state index < -0.39 is 23.3 Å². The van der Waals surface area contributed by atoms with Crippen molar-refractivity contribution in [3.63, 3.8) is 0 Å². The third kappa shape index (κ3) is 10.9. The minimum absolute atomic E-state index is 0.0802. The molecular weight excluding hydrogens is 328 g/mol. The van der Waals surface area contributed by atoms with Gasteiger partial charge in [0, 0.05) is 18.2 Å². The Morgan fingerprint density at radius 2 is 1.24 bits per heavy atom. The van der Waals surface area contributed by atoms with Crippen LogP contribution in [-0.4, -0.2) is 50.4 Å². The molecule has 140 valence electrons. The zero-order valence-electron chi connectivity index (χ0n) is 14.8. The molecule has 1 fully saturated rings. The van der Waals surface area contributed by atoms with Crippen LogP contribution in [0.3, 0.4) is 0 Å². The lowest BCUT2D eigenvalue weighted by molar-refractivity contribution is -0.156. The van der Waals surface area contributed by atoms with E-state index in [0.717, 1.165) is 24.8 Å². The summed E-state index contributed by atoms with van der Waals surface area (Å²) in [5, 5.41) is 0. The van der Waals surface area contributed by atoms with Crippen LogP contribution in [0.2, 0.25) is 0 Å². The van der Waals surface area contributed by atoms with Crippen LogP contribution in [0.15, 0.2) is 38.0 Å². The summed E-state index contributed by atoms with van der Waals surface area (Å²) in [4.78, 5) is 33.5. The van der Waals surface area contributed by atoms with Crippen molar-refractivity contribution in [1.82, 2.24) is 0 Å². The molecule has 7 nitrogen and oxygen atoms in total. The quantitative estimate of drug-likeness (QED) is 0.256. The van der Waals surface area contributed by atoms with Gasteiger partial charge in [0.05, 0.1) is 18.1 Å². The molecule has 1 atom stereocenters. The lowest BCUT2D eigenvalue weighted by Gasteiger charge is -2.30. The first-order valence-corrected chi connectivity index (χ1v) is 7.81. The van der Waals surface area contributed by atoms with Crippen molar-refractivity contribution in [2.75, 3.05) is 26.4 Å². The van der Waals surface area contributed by atoms with E-state index in [1.165, 1.54) is 0 Å². The molecule has 1 unspecified atom stereocenters. The summed E-state index contributed by atoms with van der Waals surface area (Å²) < 4.78 is 19.7. The van der Waals surface area contributed by atoms with Gasteiger partial charge < -0.3 is 18.9 Å². The molecule has 1 saturated heterocycles. The average Bonchev–Trinajstić information content (AvgIpc) is 3.42. The average molecular weight is 354 g/mol. The van der Waals surface area contributed by atoms with Crippen LogP contribution in [0.1, 0.15) is 20.3 Å². The van der Waals surface area contributed by atoms with Crippen molar-refractivity contribution in [3.8, 4) is 0 Å². The van der Waals surface area contributed by atoms with Crippen LogP contribution >= 0.6 is 0 Å². The van der Waals surface area contributed by atoms with Crippen molar-refractivity contribution in [2.24, 2.45) is 5.41 Å². The number of rotatable bonds is 10. The van der Waals surface area contributed by atoms with Gasteiger partial charge in [0.15, 0.2) is 0 Å². The highest BCUT2D eigenvalue weighted by Crippen LogP contribution is 2.24. The smallest absolute Gasteiger partial charge is 0.330 e. The number of epoxide rings is 1. The molecule has 0 amide bonds. The Morgan fingerprint density at radius 1 is 0.960 bits per heavy atom. The van der Waals surface area contributed by atoms with E-state index >= 15 is 0 Å². The van der Waals surface area contributed by atoms with Gasteiger partial charge in [-0.15, -0.1) is 0 Å². The second kappa shape index (κ2) is 12.0. The molecule has 0 saturated carbocycles. The minimum atomic E-state index is -0.837. The number of hydrogen-bond acceptors (Lipinski definition) is 7. The largest absolute Gasteiger partial charge is 0.462 e. The van der Waals surface area contributed by atoms with Crippen LogP contribution in [0.25, 0.3) is 0 Å². The maximum Gasteiger partial charge on any atom is 0.330 e. The molecule has 1 rings (SSSR count). The topological polar surface area (TPSA) is 91.4 Å². The summed E-state index contributed by atoms with van der Waals surface area (Å²) in [6.07, 6.45) is 4.09. The van der Waals surface area contributed by atoms with Crippen LogP contribution in [0.5, 0.6) is 0 Å². The number of carbonyl (C=O) groups excluding carboxylic acids is 3. The van der Waals surface area contributed by atoms with Gasteiger partial charge in [-0.25, -0.2) is 14.4 Å². The zero-order valence-corrected chi connectivity index (χ0v) is 14.8. The monoisotopic (exact) mass is 354 g/mol. The molecular formula is C18H26O7. The molecule has 0 aromatic rings. The Kier molecular flexibility index (Phi) is 10.9. The summed E-state index contributed by atoms with van der Waals surface area (Å²) >= 11 is 0. The van der Waals surface area contributed by atoms with Gasteiger partial charge in [-0.05, 0) is 13.3 Å². The van der Waals surface area contributed by atoms with Crippen molar-refractivity contribution in [1.29, 1.82) is 0 Å². The van der Waals surface area contributed by atoms with Gasteiger partial charge in [0.1, 0.15) is 19.8 Å². The number of hydrogen-bond donors (Lipinski definition) is 0. The second-order valence-corrected chi connectivity index (χ2v) is 5.43. The Morgan fingerprint density at radius 3 is 1.40 bits per heavy atom. The summed E-state index contributed by atoms with van der Waals surface area (Å²) in [7, 11) is 0. The van der Waals surface area contributed by atoms with E-state index in [1.807, 2.05) is 0 Å². The fourth-order valence-electron chi connectivity index (χ4n) is 1.38. The number of ether oxygens (including phenoxy) is 4. The molecule has 1 aliphatic heterocycles. The van der Waals surface area contributed by atoms with Crippen molar-refractivity contribution in [3.05, 3.63) is 38.0 Å². The van der Waals surface area contributed by atoms with Gasteiger partial charge in [0.25, 0.3) is 0 Å². The molecule has 1 heterocycles. The summed E-state index contributed by atoms with van der Waals surface area (Å²) in [5.74, 6) is -1.84. The van der Waals surface area contributed by atoms with E-state index in [2.05, 4.69) is 26.7 Å². The van der Waals surface area contributed by atoms with Crippen LogP contribution < -0.4 is 0 Å². The fourth-order valence-corrected chi connectivity index (χ4v) is 1.38. The molecule has 7 heteroatoms. The lowest BCUT2D eigenvalue weighted by atomic mass is 9.88. The Labute approximate surface area is 148 Å². The normalized spacial score (nSPS) is 14.9. The third-order valence-electron chi connectivity index (χ3n) is 3.31. The van der Waals surface area contributed by atoms with Crippen molar-refractivity contribution in [2.45, 2.75) is 26.4 Å². The first kappa shape index (κ1) is 22.6. The molecule has 0 N–H and O–H groups in total. The SMILES string of the molecule is C=CC(=O)OCC(CC)(COC(=O)C=C)COC(=O)C=C.CC1CO1. The first-order chi connectivity index (χ1) is 11.8. The second-order valence-electron chi connectivity index (χ2n) is 5.43. The molecule has 0 aliphatic carbocycles. The Balaban J connectivity index is 0.00000125. The minimum Gasteiger partial charge on any atom is -0.462 e. The van der Waals surface area contributed by atoms with Crippen molar-refractivity contribution >= 4 is 17.9 Å². The predicted molar refractivity (Wildman–Crippen MR) is 91.6 cm³/mol. The number of carbonyl (C=O) groups is 3. The van der Waals surface area contributed by atoms with Crippen LogP contribution in [0, 0.1) is 5.41 Å². The van der Waals surface area contributed by atoms with Crippen LogP contribution in [-0.2, 0) is 33.3 Å². The van der Waals surface area contributed by atoms with E-state index in [1.54, 1.807) is 6.92 Å². The molecule has 25 heavy (non-hydrogen) atoms. The van der Waals surface area contributed by atoms with Crippen molar-refractivity contribution < 1.29 is 33.3 Å². The maximum absolute atomic E-state index is 11.2. The van der Waals surface area contributed by atoms with Crippen LogP contribution in [0.4, 0.5) is 0 Å². The highest BCUT2D eigenvalue weighted by atomic mass is 16.6. The van der Waals surface area contributed by atoms with E-state index in [0.29, 0.717) is 12.5 Å². The fraction of sp³-hybridized carbons (Fsp3) is 0.500. The van der Waals surface area contributed by atoms with Gasteiger partial charge in [-0.2, -0.15) is 0 Å². The van der Waals surface area contributed by atoms with Gasteiger partial charge >= 0.3 is 17.9 Å². The van der Waals surface area contributed by atoms with E-state index in [9.17, 15) is 14.4 Å². The molecule has 0 bridgehead atoms. The molecule has 0 aromatic carbocycles. The lowest BCUT2D eigenvalue weighted by Crippen LogP contribution is -2.38. The van der Waals surface area contributed by atoms with Gasteiger partial charge in [0.2, 0.25) is 0 Å². The van der Waals surface area contributed by atoms with E-state index in [-0.39, 0.29) is 19.8 Å². The molecule has 0 spiro atoms. The Hall–Kier alpha value is -2.41. The summed E-state index contributed by atoms with van der Waals surface area (Å²) in [6.45, 7) is 14.5. The molecule has 0 radical (unpaired) electrons. The first-order valence-electron chi connectivity index (χ1n) is 7.81. The Bertz CT molecular complexity index is 432. The standard InChI is InChI=1S/C15H20O6.C3H6O/c1-5-12(16)19-9-15(8-4,10-20-13(17)6-2)11-21-14(18)7-3;1-3-2-4-3/h5-7H,1-3,8-11H2,4H3;3H,2H2,1H3. The predicted octanol–water partition coefficient (Wildman–Crippen LogP) is 1.98. The van der Waals surface area contributed by atoms with Gasteiger partial charge in [-0.3, -0.25) is 0 Å². The zero-order chi connectivity index (χ0) is 19.3. The summed E-state index contributed by atoms with van der Waals surface area (Å²) in [5.41, 5.74) is -0.837.